The van der Waals surface area contributed by atoms with Gasteiger partial charge >= 0.3 is 0 Å². The van der Waals surface area contributed by atoms with Crippen LogP contribution in [0, 0.1) is 5.92 Å². The van der Waals surface area contributed by atoms with Crippen LogP contribution in [0.25, 0.3) is 0 Å². The molecule has 0 N–H and O–H groups in total. The summed E-state index contributed by atoms with van der Waals surface area (Å²) in [6.45, 7) is 4.72. The first-order valence-electron chi connectivity index (χ1n) is 9.84. The Hall–Kier alpha value is -1.91. The van der Waals surface area contributed by atoms with Crippen molar-refractivity contribution in [3.8, 4) is 5.75 Å². The number of methoxy groups -OCH3 is 1. The number of aromatic nitrogens is 1. The van der Waals surface area contributed by atoms with Gasteiger partial charge in [-0.1, -0.05) is 12.1 Å². The van der Waals surface area contributed by atoms with E-state index in [0.29, 0.717) is 18.0 Å². The third-order valence-electron chi connectivity index (χ3n) is 6.75. The SMILES string of the molecule is COc1cccc([C@H]2CN(Cc3ccncc3)[C@@H]3C4CCN(CC4)[C@H]23)c1. The maximum absolute atomic E-state index is 5.50. The molecule has 4 fully saturated rings. The van der Waals surface area contributed by atoms with E-state index in [9.17, 15) is 0 Å². The van der Waals surface area contributed by atoms with E-state index in [1.54, 1.807) is 7.11 Å². The number of piperidine rings is 3. The van der Waals surface area contributed by atoms with Crippen molar-refractivity contribution >= 4 is 0 Å². The van der Waals surface area contributed by atoms with E-state index in [2.05, 4.69) is 51.2 Å². The van der Waals surface area contributed by atoms with E-state index in [-0.39, 0.29) is 0 Å². The molecule has 4 aliphatic rings. The van der Waals surface area contributed by atoms with Gasteiger partial charge in [0.15, 0.2) is 0 Å². The van der Waals surface area contributed by atoms with Crippen molar-refractivity contribution in [2.45, 2.75) is 37.4 Å². The molecule has 1 aromatic heterocycles. The summed E-state index contributed by atoms with van der Waals surface area (Å²) in [6.07, 6.45) is 6.55. The third-order valence-corrected chi connectivity index (χ3v) is 6.75. The largest absolute Gasteiger partial charge is 0.497 e. The highest BCUT2D eigenvalue weighted by atomic mass is 16.5. The molecule has 0 radical (unpaired) electrons. The number of ether oxygens (including phenoxy) is 1. The summed E-state index contributed by atoms with van der Waals surface area (Å²) in [5.41, 5.74) is 2.81. The molecule has 6 rings (SSSR count). The van der Waals surface area contributed by atoms with Crippen molar-refractivity contribution in [1.82, 2.24) is 14.8 Å². The van der Waals surface area contributed by atoms with Crippen LogP contribution in [0.4, 0.5) is 0 Å². The van der Waals surface area contributed by atoms with Crippen molar-refractivity contribution in [3.05, 3.63) is 59.9 Å². The standard InChI is InChI=1S/C22H27N3O/c1-26-19-4-2-3-18(13-19)20-15-25(14-16-5-9-23-10-6-16)21-17-7-11-24(12-8-17)22(20)21/h2-6,9-10,13,17,20-22H,7-8,11-12,14-15H2,1H3/t20-,21-,22-/m1/s1. The second-order valence-electron chi connectivity index (χ2n) is 8.02. The van der Waals surface area contributed by atoms with Crippen LogP contribution in [0.3, 0.4) is 0 Å². The lowest BCUT2D eigenvalue weighted by molar-refractivity contribution is -0.00870. The predicted molar refractivity (Wildman–Crippen MR) is 102 cm³/mol. The van der Waals surface area contributed by atoms with Crippen LogP contribution >= 0.6 is 0 Å². The molecule has 3 atom stereocenters. The van der Waals surface area contributed by atoms with Gasteiger partial charge in [0, 0.05) is 43.5 Å². The third kappa shape index (κ3) is 2.72. The van der Waals surface area contributed by atoms with Crippen LogP contribution in [0.15, 0.2) is 48.8 Å². The van der Waals surface area contributed by atoms with Crippen LogP contribution < -0.4 is 4.74 Å². The van der Waals surface area contributed by atoms with E-state index >= 15 is 0 Å². The number of pyridine rings is 1. The minimum absolute atomic E-state index is 0.569. The monoisotopic (exact) mass is 349 g/mol. The first-order chi connectivity index (χ1) is 12.8. The predicted octanol–water partition coefficient (Wildman–Crippen LogP) is 3.15. The lowest BCUT2D eigenvalue weighted by Crippen LogP contribution is -2.59. The summed E-state index contributed by atoms with van der Waals surface area (Å²) in [5, 5.41) is 0. The summed E-state index contributed by atoms with van der Waals surface area (Å²) in [4.78, 5) is 9.70. The molecule has 0 unspecified atom stereocenters. The summed E-state index contributed by atoms with van der Waals surface area (Å²) >= 11 is 0. The van der Waals surface area contributed by atoms with Gasteiger partial charge in [0.25, 0.3) is 0 Å². The molecule has 4 nitrogen and oxygen atoms in total. The molecule has 136 valence electrons. The highest BCUT2D eigenvalue weighted by molar-refractivity contribution is 5.34. The zero-order valence-corrected chi connectivity index (χ0v) is 15.4. The maximum Gasteiger partial charge on any atom is 0.119 e. The molecular formula is C22H27N3O. The number of hydrogen-bond donors (Lipinski definition) is 0. The fourth-order valence-corrected chi connectivity index (χ4v) is 5.61. The van der Waals surface area contributed by atoms with E-state index < -0.39 is 0 Å². The van der Waals surface area contributed by atoms with Crippen molar-refractivity contribution in [2.24, 2.45) is 5.92 Å². The van der Waals surface area contributed by atoms with Crippen molar-refractivity contribution in [1.29, 1.82) is 0 Å². The van der Waals surface area contributed by atoms with Crippen LogP contribution in [-0.4, -0.2) is 53.6 Å². The Morgan fingerprint density at radius 3 is 2.65 bits per heavy atom. The number of fused-ring (bicyclic) bond motifs is 2. The number of benzene rings is 1. The van der Waals surface area contributed by atoms with Gasteiger partial charge in [-0.15, -0.1) is 0 Å². The Labute approximate surface area is 155 Å². The van der Waals surface area contributed by atoms with Crippen LogP contribution in [0.2, 0.25) is 0 Å². The zero-order chi connectivity index (χ0) is 17.5. The number of rotatable bonds is 4. The first kappa shape index (κ1) is 16.3. The Balaban J connectivity index is 1.48. The molecule has 2 aromatic rings. The fraction of sp³-hybridized carbons (Fsp3) is 0.500. The molecule has 0 spiro atoms. The van der Waals surface area contributed by atoms with E-state index in [0.717, 1.165) is 24.8 Å². The average molecular weight is 349 g/mol. The first-order valence-corrected chi connectivity index (χ1v) is 9.84. The van der Waals surface area contributed by atoms with Crippen LogP contribution in [-0.2, 0) is 6.54 Å². The molecule has 2 bridgehead atoms. The highest BCUT2D eigenvalue weighted by Crippen LogP contribution is 2.47. The van der Waals surface area contributed by atoms with Gasteiger partial charge in [0.2, 0.25) is 0 Å². The van der Waals surface area contributed by atoms with Crippen molar-refractivity contribution < 1.29 is 4.74 Å². The minimum Gasteiger partial charge on any atom is -0.497 e. The van der Waals surface area contributed by atoms with Gasteiger partial charge in [-0.25, -0.2) is 0 Å². The van der Waals surface area contributed by atoms with Crippen LogP contribution in [0.1, 0.15) is 29.9 Å². The second kappa shape index (κ2) is 6.67. The summed E-state index contributed by atoms with van der Waals surface area (Å²) in [5.74, 6) is 2.39. The summed E-state index contributed by atoms with van der Waals surface area (Å²) < 4.78 is 5.50. The van der Waals surface area contributed by atoms with Gasteiger partial charge in [0.1, 0.15) is 5.75 Å². The Bertz CT molecular complexity index is 757. The lowest BCUT2D eigenvalue weighted by atomic mass is 9.75. The molecular weight excluding hydrogens is 322 g/mol. The second-order valence-corrected chi connectivity index (χ2v) is 8.02. The fourth-order valence-electron chi connectivity index (χ4n) is 5.61. The molecule has 4 heteroatoms. The Morgan fingerprint density at radius 1 is 1.08 bits per heavy atom. The Morgan fingerprint density at radius 2 is 1.88 bits per heavy atom. The summed E-state index contributed by atoms with van der Waals surface area (Å²) in [6, 6.07) is 14.4. The van der Waals surface area contributed by atoms with Crippen molar-refractivity contribution in [2.75, 3.05) is 26.7 Å². The van der Waals surface area contributed by atoms with Crippen LogP contribution in [0.5, 0.6) is 5.75 Å². The van der Waals surface area contributed by atoms with E-state index in [1.165, 1.54) is 37.1 Å². The number of nitrogens with zero attached hydrogens (tertiary/aromatic N) is 3. The van der Waals surface area contributed by atoms with E-state index in [1.807, 2.05) is 12.4 Å². The van der Waals surface area contributed by atoms with Gasteiger partial charge < -0.3 is 4.74 Å². The number of hydrogen-bond acceptors (Lipinski definition) is 4. The minimum atomic E-state index is 0.569. The van der Waals surface area contributed by atoms with Gasteiger partial charge in [-0.2, -0.15) is 0 Å². The number of likely N-dealkylation sites (tertiary alicyclic amines) is 1. The van der Waals surface area contributed by atoms with Gasteiger partial charge in [0.05, 0.1) is 7.11 Å². The molecule has 4 saturated heterocycles. The molecule has 26 heavy (non-hydrogen) atoms. The van der Waals surface area contributed by atoms with Gasteiger partial charge in [-0.05, 0) is 67.2 Å². The molecule has 1 aromatic carbocycles. The topological polar surface area (TPSA) is 28.6 Å². The normalized spacial score (nSPS) is 33.2. The molecule has 5 heterocycles. The molecule has 0 saturated carbocycles. The highest BCUT2D eigenvalue weighted by Gasteiger charge is 2.53. The smallest absolute Gasteiger partial charge is 0.119 e. The Kier molecular flexibility index (Phi) is 4.18. The molecule has 0 amide bonds. The summed E-state index contributed by atoms with van der Waals surface area (Å²) in [7, 11) is 1.76. The molecule has 0 aliphatic carbocycles. The van der Waals surface area contributed by atoms with Crippen molar-refractivity contribution in [3.63, 3.8) is 0 Å². The van der Waals surface area contributed by atoms with E-state index in [4.69, 9.17) is 4.74 Å². The quantitative estimate of drug-likeness (QED) is 0.848. The molecule has 4 aliphatic heterocycles. The average Bonchev–Trinajstić information content (AvgIpc) is 3.11. The zero-order valence-electron chi connectivity index (χ0n) is 15.4. The maximum atomic E-state index is 5.50. The lowest BCUT2D eigenvalue weighted by Gasteiger charge is -2.51. The van der Waals surface area contributed by atoms with Gasteiger partial charge in [-0.3, -0.25) is 14.8 Å².